The smallest absolute Gasteiger partial charge is 0.0463 e. The predicted octanol–water partition coefficient (Wildman–Crippen LogP) is 6.28. The number of hydrogen-bond acceptors (Lipinski definition) is 1. The number of anilines is 2. The summed E-state index contributed by atoms with van der Waals surface area (Å²) >= 11 is 7.19. The molecule has 0 saturated carbocycles. The highest BCUT2D eigenvalue weighted by Crippen LogP contribution is 2.32. The Morgan fingerprint density at radius 3 is 2.45 bits per heavy atom. The van der Waals surface area contributed by atoms with Crippen molar-refractivity contribution in [2.75, 3.05) is 11.4 Å². The van der Waals surface area contributed by atoms with Crippen LogP contribution in [0.25, 0.3) is 0 Å². The molecule has 0 aliphatic rings. The highest BCUT2D eigenvalue weighted by atomic mass is 79.9. The zero-order valence-electron chi connectivity index (χ0n) is 11.7. The summed E-state index contributed by atoms with van der Waals surface area (Å²) in [5, 5.41) is 0.866. The Labute approximate surface area is 138 Å². The normalized spacial score (nSPS) is 10.6. The molecule has 0 unspecified atom stereocenters. The van der Waals surface area contributed by atoms with Crippen molar-refractivity contribution in [3.63, 3.8) is 0 Å². The summed E-state index contributed by atoms with van der Waals surface area (Å²) in [7, 11) is 0. The van der Waals surface area contributed by atoms with Crippen LogP contribution in [0.3, 0.4) is 0 Å². The largest absolute Gasteiger partial charge is 0.341 e. The minimum Gasteiger partial charge on any atom is -0.341 e. The van der Waals surface area contributed by atoms with E-state index in [0.717, 1.165) is 16.3 Å². The maximum Gasteiger partial charge on any atom is 0.0463 e. The molecule has 0 aliphatic heterocycles. The molecule has 0 atom stereocenters. The van der Waals surface area contributed by atoms with Gasteiger partial charge in [0.05, 0.1) is 0 Å². The molecule has 0 spiro atoms. The fourth-order valence-corrected chi connectivity index (χ4v) is 3.04. The SMILES string of the molecule is CCCCN(c1ccccc1)c1cc(Br)ccc1CBr. The molecule has 0 fully saturated rings. The third-order valence-corrected chi connectivity index (χ3v) is 4.38. The average Bonchev–Trinajstić information content (AvgIpc) is 2.49. The second kappa shape index (κ2) is 7.84. The van der Waals surface area contributed by atoms with Crippen LogP contribution < -0.4 is 4.90 Å². The van der Waals surface area contributed by atoms with Crippen molar-refractivity contribution in [1.29, 1.82) is 0 Å². The van der Waals surface area contributed by atoms with Crippen LogP contribution in [-0.4, -0.2) is 6.54 Å². The highest BCUT2D eigenvalue weighted by Gasteiger charge is 2.13. The number of nitrogens with zero attached hydrogens (tertiary/aromatic N) is 1. The Balaban J connectivity index is 2.43. The van der Waals surface area contributed by atoms with E-state index in [1.807, 2.05) is 0 Å². The summed E-state index contributed by atoms with van der Waals surface area (Å²) in [6.07, 6.45) is 2.38. The molecule has 0 amide bonds. The van der Waals surface area contributed by atoms with E-state index in [2.05, 4.69) is 92.2 Å². The fraction of sp³-hybridized carbons (Fsp3) is 0.294. The number of hydrogen-bond donors (Lipinski definition) is 0. The number of halogens is 2. The lowest BCUT2D eigenvalue weighted by atomic mass is 10.1. The van der Waals surface area contributed by atoms with E-state index >= 15 is 0 Å². The molecule has 0 radical (unpaired) electrons. The highest BCUT2D eigenvalue weighted by molar-refractivity contribution is 9.10. The minimum atomic E-state index is 0.866. The first-order chi connectivity index (χ1) is 9.76. The number of para-hydroxylation sites is 1. The van der Waals surface area contributed by atoms with E-state index in [-0.39, 0.29) is 0 Å². The molecule has 0 aromatic heterocycles. The monoisotopic (exact) mass is 395 g/mol. The van der Waals surface area contributed by atoms with Crippen LogP contribution in [0.4, 0.5) is 11.4 Å². The first-order valence-corrected chi connectivity index (χ1v) is 8.84. The van der Waals surface area contributed by atoms with Gasteiger partial charge >= 0.3 is 0 Å². The molecule has 0 N–H and O–H groups in total. The van der Waals surface area contributed by atoms with Gasteiger partial charge < -0.3 is 4.90 Å². The third-order valence-electron chi connectivity index (χ3n) is 3.29. The van der Waals surface area contributed by atoms with E-state index in [9.17, 15) is 0 Å². The van der Waals surface area contributed by atoms with Crippen molar-refractivity contribution in [2.24, 2.45) is 0 Å². The summed E-state index contributed by atoms with van der Waals surface area (Å²) in [6.45, 7) is 3.27. The summed E-state index contributed by atoms with van der Waals surface area (Å²) in [5.74, 6) is 0. The number of alkyl halides is 1. The molecule has 2 rings (SSSR count). The molecule has 106 valence electrons. The Hall–Kier alpha value is -0.800. The zero-order valence-corrected chi connectivity index (χ0v) is 14.8. The van der Waals surface area contributed by atoms with E-state index in [4.69, 9.17) is 0 Å². The second-order valence-corrected chi connectivity index (χ2v) is 6.22. The van der Waals surface area contributed by atoms with Crippen molar-refractivity contribution < 1.29 is 0 Å². The first-order valence-electron chi connectivity index (χ1n) is 6.93. The zero-order chi connectivity index (χ0) is 14.4. The Kier molecular flexibility index (Phi) is 6.11. The summed E-state index contributed by atoms with van der Waals surface area (Å²) < 4.78 is 1.12. The number of benzene rings is 2. The molecular formula is C17H19Br2N. The van der Waals surface area contributed by atoms with E-state index in [1.54, 1.807) is 0 Å². The number of unbranched alkanes of at least 4 members (excludes halogenated alkanes) is 1. The lowest BCUT2D eigenvalue weighted by molar-refractivity contribution is 0.784. The van der Waals surface area contributed by atoms with E-state index < -0.39 is 0 Å². The van der Waals surface area contributed by atoms with Gasteiger partial charge in [-0.15, -0.1) is 0 Å². The molecule has 0 aliphatic carbocycles. The van der Waals surface area contributed by atoms with Crippen molar-refractivity contribution in [2.45, 2.75) is 25.1 Å². The molecule has 20 heavy (non-hydrogen) atoms. The van der Waals surface area contributed by atoms with Crippen molar-refractivity contribution in [3.05, 3.63) is 58.6 Å². The van der Waals surface area contributed by atoms with E-state index in [1.165, 1.54) is 29.8 Å². The number of rotatable bonds is 6. The van der Waals surface area contributed by atoms with Crippen LogP contribution in [0.1, 0.15) is 25.3 Å². The standard InChI is InChI=1S/C17H19Br2N/c1-2-3-11-20(16-7-5-4-6-8-16)17-12-15(19)10-9-14(17)13-18/h4-10,12H,2-3,11,13H2,1H3. The fourth-order valence-electron chi connectivity index (χ4n) is 2.21. The van der Waals surface area contributed by atoms with E-state index in [0.29, 0.717) is 0 Å². The maximum absolute atomic E-state index is 3.60. The summed E-state index contributed by atoms with van der Waals surface area (Å²) in [5.41, 5.74) is 3.84. The third kappa shape index (κ3) is 3.86. The molecule has 0 bridgehead atoms. The van der Waals surface area contributed by atoms with Crippen LogP contribution in [0.2, 0.25) is 0 Å². The van der Waals surface area contributed by atoms with Gasteiger partial charge in [0.2, 0.25) is 0 Å². The molecule has 1 nitrogen and oxygen atoms in total. The van der Waals surface area contributed by atoms with Gasteiger partial charge in [-0.3, -0.25) is 0 Å². The molecular weight excluding hydrogens is 378 g/mol. The van der Waals surface area contributed by atoms with Gasteiger partial charge in [-0.2, -0.15) is 0 Å². The van der Waals surface area contributed by atoms with Gasteiger partial charge in [0.1, 0.15) is 0 Å². The first kappa shape index (κ1) is 15.6. The Morgan fingerprint density at radius 1 is 1.05 bits per heavy atom. The van der Waals surface area contributed by atoms with Crippen molar-refractivity contribution >= 4 is 43.2 Å². The molecule has 0 heterocycles. The van der Waals surface area contributed by atoms with Crippen LogP contribution in [0.5, 0.6) is 0 Å². The van der Waals surface area contributed by atoms with Crippen LogP contribution in [0.15, 0.2) is 53.0 Å². The van der Waals surface area contributed by atoms with Crippen molar-refractivity contribution in [1.82, 2.24) is 0 Å². The second-order valence-electron chi connectivity index (χ2n) is 4.75. The van der Waals surface area contributed by atoms with Gasteiger partial charge in [0, 0.05) is 27.7 Å². The summed E-state index contributed by atoms with van der Waals surface area (Å²) in [6, 6.07) is 17.1. The van der Waals surface area contributed by atoms with Gasteiger partial charge in [-0.05, 0) is 36.2 Å². The lowest BCUT2D eigenvalue weighted by Gasteiger charge is -2.27. The molecule has 0 saturated heterocycles. The van der Waals surface area contributed by atoms with Gasteiger partial charge in [0.15, 0.2) is 0 Å². The molecule has 2 aromatic carbocycles. The quantitative estimate of drug-likeness (QED) is 0.519. The molecule has 2 aromatic rings. The predicted molar refractivity (Wildman–Crippen MR) is 95.1 cm³/mol. The minimum absolute atomic E-state index is 0.866. The van der Waals surface area contributed by atoms with Crippen LogP contribution >= 0.6 is 31.9 Å². The van der Waals surface area contributed by atoms with Crippen molar-refractivity contribution in [3.8, 4) is 0 Å². The maximum atomic E-state index is 3.60. The van der Waals surface area contributed by atoms with Gasteiger partial charge in [-0.25, -0.2) is 0 Å². The van der Waals surface area contributed by atoms with Gasteiger partial charge in [-0.1, -0.05) is 69.5 Å². The molecule has 3 heteroatoms. The van der Waals surface area contributed by atoms with Gasteiger partial charge in [0.25, 0.3) is 0 Å². The Morgan fingerprint density at radius 2 is 1.80 bits per heavy atom. The summed E-state index contributed by atoms with van der Waals surface area (Å²) in [4.78, 5) is 2.41. The Bertz CT molecular complexity index is 540. The topological polar surface area (TPSA) is 3.24 Å². The lowest BCUT2D eigenvalue weighted by Crippen LogP contribution is -2.19. The van der Waals surface area contributed by atoms with Crippen LogP contribution in [0, 0.1) is 0 Å². The van der Waals surface area contributed by atoms with Crippen LogP contribution in [-0.2, 0) is 5.33 Å². The average molecular weight is 397 g/mol.